The number of pyridine rings is 1. The van der Waals surface area contributed by atoms with Gasteiger partial charge in [-0.1, -0.05) is 25.3 Å². The fraction of sp³-hybridized carbons (Fsp3) is 0.667. The highest BCUT2D eigenvalue weighted by Gasteiger charge is 2.29. The van der Waals surface area contributed by atoms with Gasteiger partial charge in [0, 0.05) is 51.0 Å². The Kier molecular flexibility index (Phi) is 8.04. The summed E-state index contributed by atoms with van der Waals surface area (Å²) in [6, 6.07) is 4.79. The van der Waals surface area contributed by atoms with Crippen LogP contribution in [0.1, 0.15) is 63.4 Å². The molecule has 0 N–H and O–H groups in total. The van der Waals surface area contributed by atoms with E-state index in [0.717, 1.165) is 37.7 Å². The first-order chi connectivity index (χ1) is 15.3. The lowest BCUT2D eigenvalue weighted by molar-refractivity contribution is -0.133. The van der Waals surface area contributed by atoms with Gasteiger partial charge in [-0.2, -0.15) is 5.10 Å². The molecule has 7 heteroatoms. The Morgan fingerprint density at radius 1 is 1.13 bits per heavy atom. The maximum atomic E-state index is 13.2. The quantitative estimate of drug-likeness (QED) is 0.616. The first-order valence-electron chi connectivity index (χ1n) is 12.0. The number of nitrogens with zero attached hydrogens (tertiary/aromatic N) is 6. The predicted octanol–water partition coefficient (Wildman–Crippen LogP) is 3.53. The van der Waals surface area contributed by atoms with Crippen LogP contribution in [0.3, 0.4) is 0 Å². The van der Waals surface area contributed by atoms with E-state index in [1.807, 2.05) is 12.3 Å². The standard InChI is InChI=1S/C24H36N6O/c31-24(11-6-14-30-20-26-19-27-30)29(16-21-7-4-12-25-15-21)18-22-8-5-13-28(17-22)23-9-2-1-3-10-23/h4,7,12,15,19-20,22-23H,1-3,5-6,8-11,13-14,16-18H2/t22-/m1/s1. The molecule has 4 rings (SSSR count). The summed E-state index contributed by atoms with van der Waals surface area (Å²) in [6.45, 7) is 4.59. The minimum atomic E-state index is 0.235. The molecule has 0 bridgehead atoms. The van der Waals surface area contributed by atoms with Gasteiger partial charge in [-0.05, 0) is 56.2 Å². The van der Waals surface area contributed by atoms with E-state index < -0.39 is 0 Å². The molecule has 3 heterocycles. The lowest BCUT2D eigenvalue weighted by Gasteiger charge is -2.41. The largest absolute Gasteiger partial charge is 0.338 e. The highest BCUT2D eigenvalue weighted by molar-refractivity contribution is 5.76. The van der Waals surface area contributed by atoms with Crippen LogP contribution in [0.2, 0.25) is 0 Å². The molecule has 2 aliphatic rings. The fourth-order valence-electron chi connectivity index (χ4n) is 5.20. The number of hydrogen-bond donors (Lipinski definition) is 0. The van der Waals surface area contributed by atoms with Crippen molar-refractivity contribution in [2.45, 2.75) is 76.9 Å². The molecule has 1 saturated heterocycles. The molecule has 1 aliphatic carbocycles. The number of amides is 1. The average molecular weight is 425 g/mol. The minimum absolute atomic E-state index is 0.235. The molecule has 2 fully saturated rings. The molecule has 0 unspecified atom stereocenters. The molecule has 2 aromatic rings. The normalized spacial score (nSPS) is 20.6. The number of hydrogen-bond acceptors (Lipinski definition) is 5. The summed E-state index contributed by atoms with van der Waals surface area (Å²) in [5, 5.41) is 4.14. The second-order valence-corrected chi connectivity index (χ2v) is 9.19. The van der Waals surface area contributed by atoms with Gasteiger partial charge >= 0.3 is 0 Å². The lowest BCUT2D eigenvalue weighted by atomic mass is 9.90. The van der Waals surface area contributed by atoms with Gasteiger partial charge in [-0.3, -0.25) is 14.5 Å². The Morgan fingerprint density at radius 3 is 2.81 bits per heavy atom. The molecule has 1 amide bonds. The Bertz CT molecular complexity index is 775. The number of rotatable bonds is 9. The molecule has 1 aliphatic heterocycles. The lowest BCUT2D eigenvalue weighted by Crippen LogP contribution is -2.47. The summed E-state index contributed by atoms with van der Waals surface area (Å²) >= 11 is 0. The van der Waals surface area contributed by atoms with Crippen molar-refractivity contribution in [3.8, 4) is 0 Å². The molecule has 168 valence electrons. The van der Waals surface area contributed by atoms with Gasteiger partial charge in [-0.15, -0.1) is 0 Å². The highest BCUT2D eigenvalue weighted by atomic mass is 16.2. The molecule has 1 atom stereocenters. The zero-order valence-corrected chi connectivity index (χ0v) is 18.6. The second-order valence-electron chi connectivity index (χ2n) is 9.19. The van der Waals surface area contributed by atoms with Crippen molar-refractivity contribution in [2.75, 3.05) is 19.6 Å². The van der Waals surface area contributed by atoms with Crippen molar-refractivity contribution in [3.05, 3.63) is 42.7 Å². The fourth-order valence-corrected chi connectivity index (χ4v) is 5.20. The van der Waals surface area contributed by atoms with Crippen LogP contribution in [0.5, 0.6) is 0 Å². The molecule has 1 saturated carbocycles. The summed E-state index contributed by atoms with van der Waals surface area (Å²) in [5.74, 6) is 0.797. The van der Waals surface area contributed by atoms with Crippen LogP contribution in [0.25, 0.3) is 0 Å². The van der Waals surface area contributed by atoms with Crippen molar-refractivity contribution < 1.29 is 4.79 Å². The van der Waals surface area contributed by atoms with E-state index in [1.165, 1.54) is 57.8 Å². The van der Waals surface area contributed by atoms with Gasteiger partial charge in [0.15, 0.2) is 0 Å². The number of aromatic nitrogens is 4. The Labute approximate surface area is 185 Å². The summed E-state index contributed by atoms with van der Waals surface area (Å²) in [5.41, 5.74) is 1.10. The maximum Gasteiger partial charge on any atom is 0.222 e. The molecule has 2 aromatic heterocycles. The van der Waals surface area contributed by atoms with Crippen molar-refractivity contribution in [1.29, 1.82) is 0 Å². The number of piperidine rings is 1. The smallest absolute Gasteiger partial charge is 0.222 e. The summed E-state index contributed by atoms with van der Waals surface area (Å²) in [7, 11) is 0. The van der Waals surface area contributed by atoms with Crippen LogP contribution in [-0.2, 0) is 17.9 Å². The Morgan fingerprint density at radius 2 is 2.03 bits per heavy atom. The van der Waals surface area contributed by atoms with Crippen molar-refractivity contribution in [3.63, 3.8) is 0 Å². The maximum absolute atomic E-state index is 13.2. The monoisotopic (exact) mass is 424 g/mol. The summed E-state index contributed by atoms with van der Waals surface area (Å²) in [4.78, 5) is 26.2. The molecule has 0 spiro atoms. The molecule has 0 radical (unpaired) electrons. The molecular weight excluding hydrogens is 388 g/mol. The third-order valence-electron chi connectivity index (χ3n) is 6.81. The van der Waals surface area contributed by atoms with Gasteiger partial charge in [0.2, 0.25) is 5.91 Å². The Balaban J connectivity index is 1.35. The van der Waals surface area contributed by atoms with Crippen LogP contribution in [0.15, 0.2) is 37.2 Å². The third-order valence-corrected chi connectivity index (χ3v) is 6.81. The van der Waals surface area contributed by atoms with Crippen LogP contribution in [0.4, 0.5) is 0 Å². The van der Waals surface area contributed by atoms with E-state index in [9.17, 15) is 4.79 Å². The first-order valence-corrected chi connectivity index (χ1v) is 12.0. The topological polar surface area (TPSA) is 67.2 Å². The second kappa shape index (κ2) is 11.4. The van der Waals surface area contributed by atoms with Crippen LogP contribution >= 0.6 is 0 Å². The van der Waals surface area contributed by atoms with Gasteiger partial charge in [-0.25, -0.2) is 4.98 Å². The minimum Gasteiger partial charge on any atom is -0.338 e. The number of likely N-dealkylation sites (tertiary alicyclic amines) is 1. The SMILES string of the molecule is O=C(CCCn1cncn1)N(Cc1cccnc1)C[C@@H]1CCCN(C2CCCCC2)C1. The Hall–Kier alpha value is -2.28. The highest BCUT2D eigenvalue weighted by Crippen LogP contribution is 2.28. The van der Waals surface area contributed by atoms with Crippen LogP contribution in [0, 0.1) is 5.92 Å². The number of carbonyl (C=O) groups excluding carboxylic acids is 1. The van der Waals surface area contributed by atoms with Crippen LogP contribution in [-0.4, -0.2) is 61.1 Å². The molecular formula is C24H36N6O. The number of aryl methyl sites for hydroxylation is 1. The van der Waals surface area contributed by atoms with E-state index >= 15 is 0 Å². The van der Waals surface area contributed by atoms with Gasteiger partial charge < -0.3 is 9.80 Å². The first kappa shape index (κ1) is 21.9. The number of carbonyl (C=O) groups is 1. The summed E-state index contributed by atoms with van der Waals surface area (Å²) < 4.78 is 1.79. The van der Waals surface area contributed by atoms with Crippen molar-refractivity contribution in [1.82, 2.24) is 29.5 Å². The van der Waals surface area contributed by atoms with E-state index in [1.54, 1.807) is 17.2 Å². The van der Waals surface area contributed by atoms with Crippen molar-refractivity contribution >= 4 is 5.91 Å². The molecule has 31 heavy (non-hydrogen) atoms. The summed E-state index contributed by atoms with van der Waals surface area (Å²) in [6.07, 6.45) is 17.6. The van der Waals surface area contributed by atoms with E-state index in [-0.39, 0.29) is 5.91 Å². The predicted molar refractivity (Wildman–Crippen MR) is 120 cm³/mol. The van der Waals surface area contributed by atoms with Crippen LogP contribution < -0.4 is 0 Å². The van der Waals surface area contributed by atoms with Gasteiger partial charge in [0.05, 0.1) is 0 Å². The third kappa shape index (κ3) is 6.60. The van der Waals surface area contributed by atoms with E-state index in [0.29, 0.717) is 18.9 Å². The van der Waals surface area contributed by atoms with E-state index in [4.69, 9.17) is 0 Å². The zero-order valence-electron chi connectivity index (χ0n) is 18.6. The average Bonchev–Trinajstić information content (AvgIpc) is 3.34. The van der Waals surface area contributed by atoms with Gasteiger partial charge in [0.1, 0.15) is 12.7 Å². The molecule has 7 nitrogen and oxygen atoms in total. The van der Waals surface area contributed by atoms with Gasteiger partial charge in [0.25, 0.3) is 0 Å². The van der Waals surface area contributed by atoms with E-state index in [2.05, 4.69) is 30.9 Å². The zero-order chi connectivity index (χ0) is 21.3. The van der Waals surface area contributed by atoms with Crippen molar-refractivity contribution in [2.24, 2.45) is 5.92 Å². The molecule has 0 aromatic carbocycles.